The molecule has 1 unspecified atom stereocenters. The van der Waals surface area contributed by atoms with E-state index in [0.717, 1.165) is 12.3 Å². The molecule has 0 aliphatic rings. The summed E-state index contributed by atoms with van der Waals surface area (Å²) in [6.07, 6.45) is 0.0983. The van der Waals surface area contributed by atoms with Gasteiger partial charge in [-0.3, -0.25) is 9.78 Å². The maximum Gasteiger partial charge on any atom is 0.433 e. The minimum Gasteiger partial charge on any atom is -0.405 e. The highest BCUT2D eigenvalue weighted by molar-refractivity contribution is 5.78. The van der Waals surface area contributed by atoms with Crippen LogP contribution in [0.3, 0.4) is 0 Å². The zero-order chi connectivity index (χ0) is 19.7. The van der Waals surface area contributed by atoms with Gasteiger partial charge in [0.2, 0.25) is 5.91 Å². The number of allylic oxidation sites excluding steroid dienone is 2. The molecule has 144 valence electrons. The lowest BCUT2D eigenvalue weighted by atomic mass is 10.1. The summed E-state index contributed by atoms with van der Waals surface area (Å²) >= 11 is 0. The number of aliphatic hydroxyl groups excluding tert-OH is 1. The van der Waals surface area contributed by atoms with Crippen molar-refractivity contribution in [2.75, 3.05) is 13.1 Å². The molecule has 6 nitrogen and oxygen atoms in total. The van der Waals surface area contributed by atoms with Gasteiger partial charge in [-0.05, 0) is 36.4 Å². The number of aliphatic hydroxyl groups is 1. The first-order chi connectivity index (χ1) is 12.2. The van der Waals surface area contributed by atoms with E-state index in [9.17, 15) is 23.1 Å². The molecule has 26 heavy (non-hydrogen) atoms. The van der Waals surface area contributed by atoms with E-state index in [-0.39, 0.29) is 24.6 Å². The third-order valence-corrected chi connectivity index (χ3v) is 3.49. The smallest absolute Gasteiger partial charge is 0.405 e. The van der Waals surface area contributed by atoms with Gasteiger partial charge in [0.05, 0.1) is 13.0 Å². The van der Waals surface area contributed by atoms with Crippen LogP contribution < -0.4 is 11.5 Å². The van der Waals surface area contributed by atoms with Gasteiger partial charge < -0.3 is 21.5 Å². The molecule has 1 heterocycles. The van der Waals surface area contributed by atoms with Gasteiger partial charge >= 0.3 is 6.18 Å². The molecule has 9 heteroatoms. The lowest BCUT2D eigenvalue weighted by molar-refractivity contribution is -0.141. The van der Waals surface area contributed by atoms with Crippen molar-refractivity contribution in [3.8, 4) is 0 Å². The van der Waals surface area contributed by atoms with Crippen molar-refractivity contribution in [3.05, 3.63) is 53.6 Å². The van der Waals surface area contributed by atoms with Gasteiger partial charge in [0.15, 0.2) is 0 Å². The summed E-state index contributed by atoms with van der Waals surface area (Å²) in [5.74, 6) is -0.338. The fourth-order valence-corrected chi connectivity index (χ4v) is 2.16. The van der Waals surface area contributed by atoms with Crippen LogP contribution in [0.2, 0.25) is 0 Å². The number of carbonyl (C=O) groups is 1. The second-order valence-electron chi connectivity index (χ2n) is 5.63. The summed E-state index contributed by atoms with van der Waals surface area (Å²) in [6.45, 7) is 2.22. The fourth-order valence-electron chi connectivity index (χ4n) is 2.16. The molecule has 0 fully saturated rings. The zero-order valence-corrected chi connectivity index (χ0v) is 14.4. The second kappa shape index (κ2) is 9.81. The highest BCUT2D eigenvalue weighted by Gasteiger charge is 2.32. The Balaban J connectivity index is 2.79. The number of aromatic nitrogens is 1. The first-order valence-electron chi connectivity index (χ1n) is 8.00. The minimum atomic E-state index is -4.53. The molecule has 1 aromatic heterocycles. The molecule has 1 aromatic rings. The van der Waals surface area contributed by atoms with E-state index in [0.29, 0.717) is 18.5 Å². The Morgan fingerprint density at radius 2 is 2.12 bits per heavy atom. The van der Waals surface area contributed by atoms with E-state index in [1.165, 1.54) is 29.3 Å². The van der Waals surface area contributed by atoms with E-state index >= 15 is 0 Å². The Kier molecular flexibility index (Phi) is 8.11. The highest BCUT2D eigenvalue weighted by Crippen LogP contribution is 2.27. The van der Waals surface area contributed by atoms with Crippen LogP contribution in [-0.4, -0.2) is 40.1 Å². The summed E-state index contributed by atoms with van der Waals surface area (Å²) in [5.41, 5.74) is 10.4. The molecule has 1 atom stereocenters. The van der Waals surface area contributed by atoms with Gasteiger partial charge in [-0.25, -0.2) is 0 Å². The summed E-state index contributed by atoms with van der Waals surface area (Å²) < 4.78 is 37.6. The Bertz CT molecular complexity index is 642. The first-order valence-corrected chi connectivity index (χ1v) is 8.00. The predicted octanol–water partition coefficient (Wildman–Crippen LogP) is 1.56. The monoisotopic (exact) mass is 372 g/mol. The summed E-state index contributed by atoms with van der Waals surface area (Å²) in [7, 11) is 0. The number of halogens is 3. The first kappa shape index (κ1) is 21.5. The van der Waals surface area contributed by atoms with Crippen LogP contribution in [-0.2, 0) is 17.4 Å². The minimum absolute atomic E-state index is 0.0263. The fraction of sp³-hybridized carbons (Fsp3) is 0.412. The number of nitrogens with two attached hydrogens (primary N) is 2. The van der Waals surface area contributed by atoms with Crippen LogP contribution in [0, 0.1) is 0 Å². The van der Waals surface area contributed by atoms with Crippen molar-refractivity contribution in [2.24, 2.45) is 11.5 Å². The van der Waals surface area contributed by atoms with Crippen LogP contribution in [0.25, 0.3) is 0 Å². The largest absolute Gasteiger partial charge is 0.433 e. The maximum atomic E-state index is 12.5. The number of carbonyl (C=O) groups excluding carboxylic acids is 1. The lowest BCUT2D eigenvalue weighted by Crippen LogP contribution is -2.40. The van der Waals surface area contributed by atoms with Gasteiger partial charge in [-0.2, -0.15) is 13.2 Å². The SMILES string of the molecule is CCCN(CC(O)/C(N)=C/C=C\N)C(=O)Cc1ccc(C(F)(F)F)nc1. The molecule has 0 saturated carbocycles. The Morgan fingerprint density at radius 1 is 1.42 bits per heavy atom. The molecule has 0 spiro atoms. The normalized spacial score (nSPS) is 13.8. The van der Waals surface area contributed by atoms with Gasteiger partial charge in [0.1, 0.15) is 11.8 Å². The van der Waals surface area contributed by atoms with Crippen LogP contribution in [0.4, 0.5) is 13.2 Å². The van der Waals surface area contributed by atoms with E-state index in [4.69, 9.17) is 11.5 Å². The number of amides is 1. The van der Waals surface area contributed by atoms with Crippen LogP contribution in [0.15, 0.2) is 42.4 Å². The molecule has 0 aliphatic heterocycles. The molecule has 1 amide bonds. The predicted molar refractivity (Wildman–Crippen MR) is 91.4 cm³/mol. The number of hydrogen-bond donors (Lipinski definition) is 3. The van der Waals surface area contributed by atoms with Crippen molar-refractivity contribution >= 4 is 5.91 Å². The van der Waals surface area contributed by atoms with Crippen LogP contribution in [0.5, 0.6) is 0 Å². The molecule has 1 rings (SSSR count). The molecule has 0 aliphatic carbocycles. The number of hydrogen-bond acceptors (Lipinski definition) is 5. The van der Waals surface area contributed by atoms with Crippen molar-refractivity contribution in [1.29, 1.82) is 0 Å². The van der Waals surface area contributed by atoms with Crippen LogP contribution >= 0.6 is 0 Å². The molecule has 5 N–H and O–H groups in total. The standard InChI is InChI=1S/C17H23F3N4O2/c1-2-8-24(11-14(25)13(22)4-3-7-21)16(26)9-12-5-6-15(23-10-12)17(18,19)20/h3-7,10,14,25H,2,8-9,11,21-22H2,1H3/b7-3-,13-4-. The molecular formula is C17H23F3N4O2. The van der Waals surface area contributed by atoms with E-state index < -0.39 is 18.0 Å². The molecule has 0 bridgehead atoms. The third kappa shape index (κ3) is 6.75. The van der Waals surface area contributed by atoms with Gasteiger partial charge in [0, 0.05) is 18.4 Å². The second-order valence-corrected chi connectivity index (χ2v) is 5.63. The molecular weight excluding hydrogens is 349 g/mol. The summed E-state index contributed by atoms with van der Waals surface area (Å²) in [4.78, 5) is 17.2. The Labute approximate surface area is 150 Å². The van der Waals surface area contributed by atoms with Crippen molar-refractivity contribution < 1.29 is 23.1 Å². The summed E-state index contributed by atoms with van der Waals surface area (Å²) in [6, 6.07) is 2.05. The highest BCUT2D eigenvalue weighted by atomic mass is 19.4. The van der Waals surface area contributed by atoms with Gasteiger partial charge in [-0.1, -0.05) is 13.0 Å². The third-order valence-electron chi connectivity index (χ3n) is 3.49. The topological polar surface area (TPSA) is 105 Å². The Hall–Kier alpha value is -2.55. The van der Waals surface area contributed by atoms with E-state index in [1.807, 2.05) is 6.92 Å². The van der Waals surface area contributed by atoms with Crippen molar-refractivity contribution in [3.63, 3.8) is 0 Å². The van der Waals surface area contributed by atoms with Crippen LogP contribution in [0.1, 0.15) is 24.6 Å². The number of alkyl halides is 3. The van der Waals surface area contributed by atoms with Gasteiger partial charge in [0.25, 0.3) is 0 Å². The van der Waals surface area contributed by atoms with Crippen molar-refractivity contribution in [2.45, 2.75) is 32.0 Å². The van der Waals surface area contributed by atoms with E-state index in [1.54, 1.807) is 0 Å². The average molecular weight is 372 g/mol. The zero-order valence-electron chi connectivity index (χ0n) is 14.4. The number of nitrogens with zero attached hydrogens (tertiary/aromatic N) is 2. The maximum absolute atomic E-state index is 12.5. The van der Waals surface area contributed by atoms with Crippen molar-refractivity contribution in [1.82, 2.24) is 9.88 Å². The number of pyridine rings is 1. The lowest BCUT2D eigenvalue weighted by Gasteiger charge is -2.25. The molecule has 0 aromatic carbocycles. The average Bonchev–Trinajstić information content (AvgIpc) is 2.58. The quantitative estimate of drug-likeness (QED) is 0.601. The summed E-state index contributed by atoms with van der Waals surface area (Å²) in [5, 5.41) is 10.1. The van der Waals surface area contributed by atoms with E-state index in [2.05, 4.69) is 4.98 Å². The number of rotatable bonds is 8. The molecule has 0 saturated heterocycles. The van der Waals surface area contributed by atoms with Gasteiger partial charge in [-0.15, -0.1) is 0 Å². The molecule has 0 radical (unpaired) electrons. The Morgan fingerprint density at radius 3 is 2.62 bits per heavy atom.